The van der Waals surface area contributed by atoms with Gasteiger partial charge in [0.15, 0.2) is 14.1 Å². The predicted octanol–water partition coefficient (Wildman–Crippen LogP) is 8.37. The standard InChI is InChI=1S/C45H54NO7PSSi/c1-11-27-51-43(50)41(54(33-21-15-12-16-22-33,34-23-17-13-18-24-34)35-25-19-14-20-26-35)46-36(39(40(46)48)31(2)53-56(9,10)45(6,7)8)29-37(47)38-28-32(30-55-38)42(49)52-44(3,4)5/h11-26,28,30-31,36,39H,1,27,29H2,2-10H3/t31-,36-,39-/m1/s1. The van der Waals surface area contributed by atoms with Crippen molar-refractivity contribution in [2.75, 3.05) is 6.61 Å². The number of Topliss-reactive ketones (excluding diaryl/α,β-unsaturated/α-hetero) is 1. The first-order chi connectivity index (χ1) is 26.3. The van der Waals surface area contributed by atoms with Crippen LogP contribution >= 0.6 is 18.2 Å². The number of hydrogen-bond donors (Lipinski definition) is 0. The third-order valence-electron chi connectivity index (χ3n) is 10.5. The number of benzene rings is 3. The van der Waals surface area contributed by atoms with Gasteiger partial charge in [0.2, 0.25) is 5.91 Å². The van der Waals surface area contributed by atoms with Gasteiger partial charge >= 0.3 is 11.9 Å². The topological polar surface area (TPSA) is 99.2 Å². The summed E-state index contributed by atoms with van der Waals surface area (Å²) in [6.07, 6.45) is 0.812. The number of hydrogen-bond acceptors (Lipinski definition) is 8. The number of esters is 2. The zero-order chi connectivity index (χ0) is 41.1. The van der Waals surface area contributed by atoms with E-state index in [1.165, 1.54) is 6.08 Å². The Balaban J connectivity index is 1.78. The van der Waals surface area contributed by atoms with E-state index in [-0.39, 0.29) is 40.7 Å². The van der Waals surface area contributed by atoms with Gasteiger partial charge in [-0.15, -0.1) is 11.3 Å². The number of β-lactam (4-membered cyclic amide) rings is 1. The van der Waals surface area contributed by atoms with Crippen molar-refractivity contribution in [2.24, 2.45) is 5.92 Å². The van der Waals surface area contributed by atoms with E-state index >= 15 is 4.79 Å². The number of amides is 1. The Kier molecular flexibility index (Phi) is 13.0. The number of carbonyl (C=O) groups excluding carboxylic acids is 4. The van der Waals surface area contributed by atoms with Crippen LogP contribution in [0.25, 0.3) is 0 Å². The first-order valence-electron chi connectivity index (χ1n) is 18.9. The molecule has 11 heteroatoms. The van der Waals surface area contributed by atoms with E-state index < -0.39 is 50.8 Å². The van der Waals surface area contributed by atoms with Crippen LogP contribution in [0.5, 0.6) is 0 Å². The van der Waals surface area contributed by atoms with Gasteiger partial charge in [-0.3, -0.25) is 9.59 Å². The maximum absolute atomic E-state index is 15.1. The Morgan fingerprint density at radius 2 is 1.38 bits per heavy atom. The van der Waals surface area contributed by atoms with Crippen LogP contribution in [-0.2, 0) is 23.5 Å². The summed E-state index contributed by atoms with van der Waals surface area (Å²) in [5, 5.41) is 4.00. The van der Waals surface area contributed by atoms with Crippen molar-refractivity contribution in [1.82, 2.24) is 4.90 Å². The number of carbonyl (C=O) groups is 4. The smallest absolute Gasteiger partial charge is 0.356 e. The van der Waals surface area contributed by atoms with Crippen molar-refractivity contribution < 1.29 is 33.1 Å². The molecule has 0 N–H and O–H groups in total. The summed E-state index contributed by atoms with van der Waals surface area (Å²) in [6, 6.07) is 30.0. The van der Waals surface area contributed by atoms with Crippen molar-refractivity contribution in [3.63, 3.8) is 0 Å². The Hall–Kier alpha value is -4.34. The van der Waals surface area contributed by atoms with Crippen LogP contribution in [-0.4, -0.2) is 66.6 Å². The lowest BCUT2D eigenvalue weighted by atomic mass is 9.80. The largest absolute Gasteiger partial charge is 0.457 e. The van der Waals surface area contributed by atoms with Gasteiger partial charge in [0.25, 0.3) is 0 Å². The van der Waals surface area contributed by atoms with Crippen molar-refractivity contribution in [2.45, 2.75) is 90.8 Å². The molecule has 4 aromatic rings. The molecule has 2 heterocycles. The molecular formula is C45H54NO7PSSi. The van der Waals surface area contributed by atoms with Crippen molar-refractivity contribution in [3.8, 4) is 0 Å². The third kappa shape index (κ3) is 8.79. The average molecular weight is 812 g/mol. The van der Waals surface area contributed by atoms with E-state index in [2.05, 4.69) is 40.4 Å². The molecule has 0 aliphatic carbocycles. The lowest BCUT2D eigenvalue weighted by Gasteiger charge is -2.53. The van der Waals surface area contributed by atoms with Gasteiger partial charge in [0, 0.05) is 18.7 Å². The molecule has 1 aromatic heterocycles. The minimum absolute atomic E-state index is 0.0801. The molecule has 5 rings (SSSR count). The van der Waals surface area contributed by atoms with Crippen LogP contribution in [0.3, 0.4) is 0 Å². The number of ketones is 1. The van der Waals surface area contributed by atoms with Gasteiger partial charge in [0.05, 0.1) is 28.5 Å². The summed E-state index contributed by atoms with van der Waals surface area (Å²) in [7, 11) is -2.40. The third-order valence-corrected chi connectivity index (χ3v) is 20.3. The zero-order valence-corrected chi connectivity index (χ0v) is 36.6. The van der Waals surface area contributed by atoms with Crippen LogP contribution in [0.2, 0.25) is 18.1 Å². The minimum atomic E-state index is -3.21. The van der Waals surface area contributed by atoms with Crippen molar-refractivity contribution >= 4 is 71.5 Å². The number of likely N-dealkylation sites (tertiary alicyclic amines) is 1. The van der Waals surface area contributed by atoms with Gasteiger partial charge in [-0.2, -0.15) is 0 Å². The van der Waals surface area contributed by atoms with Gasteiger partial charge in [0.1, 0.15) is 17.6 Å². The SMILES string of the molecule is C=CCOC(=O)C(N1C(=O)[C@H]([C@@H](C)O[Si](C)(C)C(C)(C)C)[C@H]1CC(=O)c1cc(C(=O)OC(C)(C)C)cs1)=P(c1ccccc1)(c1ccccc1)c1ccccc1. The second-order valence-corrected chi connectivity index (χ2v) is 25.6. The summed E-state index contributed by atoms with van der Waals surface area (Å²) >= 11 is 1.15. The second-order valence-electron chi connectivity index (χ2n) is 16.6. The fraction of sp³-hybridized carbons (Fsp3) is 0.356. The zero-order valence-electron chi connectivity index (χ0n) is 33.9. The summed E-state index contributed by atoms with van der Waals surface area (Å²) < 4.78 is 18.4. The highest BCUT2D eigenvalue weighted by molar-refractivity contribution is 7.96. The van der Waals surface area contributed by atoms with E-state index in [0.717, 1.165) is 27.3 Å². The molecule has 0 bridgehead atoms. The van der Waals surface area contributed by atoms with Crippen molar-refractivity contribution in [1.29, 1.82) is 0 Å². The van der Waals surface area contributed by atoms with Crippen LogP contribution in [0.4, 0.5) is 0 Å². The molecule has 1 fully saturated rings. The summed E-state index contributed by atoms with van der Waals surface area (Å²) in [6.45, 7) is 18.4. The Bertz CT molecular complexity index is 2010. The monoisotopic (exact) mass is 811 g/mol. The number of nitrogens with zero attached hydrogens (tertiary/aromatic N) is 1. The maximum atomic E-state index is 15.1. The minimum Gasteiger partial charge on any atom is -0.457 e. The maximum Gasteiger partial charge on any atom is 0.356 e. The highest BCUT2D eigenvalue weighted by Gasteiger charge is 2.57. The average Bonchev–Trinajstić information content (AvgIpc) is 3.65. The van der Waals surface area contributed by atoms with E-state index in [1.54, 1.807) is 37.1 Å². The Morgan fingerprint density at radius 3 is 1.82 bits per heavy atom. The Labute approximate surface area is 337 Å². The molecule has 1 saturated heterocycles. The van der Waals surface area contributed by atoms with Gasteiger partial charge in [-0.05, 0) is 67.8 Å². The quantitative estimate of drug-likeness (QED) is 0.0315. The number of rotatable bonds is 14. The Morgan fingerprint density at radius 1 is 0.875 bits per heavy atom. The van der Waals surface area contributed by atoms with Gasteiger partial charge < -0.3 is 18.8 Å². The molecule has 296 valence electrons. The predicted molar refractivity (Wildman–Crippen MR) is 232 cm³/mol. The molecule has 1 aliphatic heterocycles. The number of ether oxygens (including phenoxy) is 2. The molecule has 0 spiro atoms. The van der Waals surface area contributed by atoms with E-state index in [1.807, 2.05) is 97.9 Å². The van der Waals surface area contributed by atoms with Crippen LogP contribution in [0, 0.1) is 5.92 Å². The molecule has 8 nitrogen and oxygen atoms in total. The molecular weight excluding hydrogens is 758 g/mol. The molecule has 3 aromatic carbocycles. The highest BCUT2D eigenvalue weighted by Crippen LogP contribution is 2.51. The molecule has 1 aliphatic rings. The van der Waals surface area contributed by atoms with E-state index in [0.29, 0.717) is 4.88 Å². The fourth-order valence-electron chi connectivity index (χ4n) is 6.86. The summed E-state index contributed by atoms with van der Waals surface area (Å²) in [5.74, 6) is -2.51. The highest BCUT2D eigenvalue weighted by atomic mass is 32.1. The van der Waals surface area contributed by atoms with Crippen molar-refractivity contribution in [3.05, 3.63) is 126 Å². The first kappa shape index (κ1) is 42.8. The molecule has 3 atom stereocenters. The van der Waals surface area contributed by atoms with Gasteiger partial charge in [-0.1, -0.05) is 124 Å². The van der Waals surface area contributed by atoms with Gasteiger partial charge in [-0.25, -0.2) is 9.59 Å². The molecule has 0 radical (unpaired) electrons. The first-order valence-corrected chi connectivity index (χ1v) is 24.5. The lowest BCUT2D eigenvalue weighted by molar-refractivity contribution is -0.156. The van der Waals surface area contributed by atoms with Crippen LogP contribution < -0.4 is 15.9 Å². The van der Waals surface area contributed by atoms with Crippen LogP contribution in [0.15, 0.2) is 115 Å². The molecule has 1 amide bonds. The fourth-order valence-corrected chi connectivity index (χ4v) is 13.5. The van der Waals surface area contributed by atoms with E-state index in [9.17, 15) is 14.4 Å². The summed E-state index contributed by atoms with van der Waals surface area (Å²) in [4.78, 5) is 59.3. The molecule has 0 saturated carbocycles. The van der Waals surface area contributed by atoms with Crippen LogP contribution in [0.1, 0.15) is 74.9 Å². The van der Waals surface area contributed by atoms with E-state index in [4.69, 9.17) is 13.9 Å². The molecule has 0 unspecified atom stereocenters. The second kappa shape index (κ2) is 17.0. The normalized spacial score (nSPS) is 16.7. The summed E-state index contributed by atoms with van der Waals surface area (Å²) in [5.41, 5.74) is -0.243. The number of thiophene rings is 1. The lowest BCUT2D eigenvalue weighted by Crippen LogP contribution is -2.69. The molecule has 56 heavy (non-hydrogen) atoms.